The Labute approximate surface area is 205 Å². The Morgan fingerprint density at radius 3 is 2.51 bits per heavy atom. The van der Waals surface area contributed by atoms with E-state index in [1.165, 1.54) is 12.1 Å². The molecule has 0 aliphatic carbocycles. The summed E-state index contributed by atoms with van der Waals surface area (Å²) in [7, 11) is 7.02. The van der Waals surface area contributed by atoms with Crippen LogP contribution in [0.2, 0.25) is 0 Å². The van der Waals surface area contributed by atoms with Crippen LogP contribution >= 0.6 is 0 Å². The summed E-state index contributed by atoms with van der Waals surface area (Å²) in [6.07, 6.45) is 2.98. The van der Waals surface area contributed by atoms with Gasteiger partial charge in [-0.2, -0.15) is 0 Å². The van der Waals surface area contributed by atoms with Crippen molar-refractivity contribution >= 4 is 16.8 Å². The molecule has 6 heteroatoms. The Hall–Kier alpha value is -3.80. The van der Waals surface area contributed by atoms with Crippen LogP contribution < -0.4 is 9.47 Å². The van der Waals surface area contributed by atoms with Gasteiger partial charge in [0.1, 0.15) is 5.82 Å². The van der Waals surface area contributed by atoms with E-state index in [0.29, 0.717) is 24.5 Å². The summed E-state index contributed by atoms with van der Waals surface area (Å²) in [6, 6.07) is 20.4. The van der Waals surface area contributed by atoms with Gasteiger partial charge in [0.25, 0.3) is 0 Å². The number of fused-ring (bicyclic) bond motifs is 1. The fraction of sp³-hybridized carbons (Fsp3) is 0.276. The van der Waals surface area contributed by atoms with Crippen LogP contribution in [0, 0.1) is 5.82 Å². The minimum atomic E-state index is -0.304. The zero-order valence-electron chi connectivity index (χ0n) is 20.6. The fourth-order valence-electron chi connectivity index (χ4n) is 4.57. The quantitative estimate of drug-likeness (QED) is 0.319. The summed E-state index contributed by atoms with van der Waals surface area (Å²) in [6.45, 7) is 0.555. The maximum absolute atomic E-state index is 14.2. The van der Waals surface area contributed by atoms with Crippen LogP contribution in [-0.2, 0) is 18.3 Å². The summed E-state index contributed by atoms with van der Waals surface area (Å²) >= 11 is 0. The Bertz CT molecular complexity index is 1330. The van der Waals surface area contributed by atoms with Gasteiger partial charge in [-0.15, -0.1) is 0 Å². The lowest BCUT2D eigenvalue weighted by atomic mass is 9.87. The van der Waals surface area contributed by atoms with Crippen molar-refractivity contribution < 1.29 is 18.7 Å². The average molecular weight is 475 g/mol. The molecule has 3 aromatic carbocycles. The molecule has 4 rings (SSSR count). The van der Waals surface area contributed by atoms with Gasteiger partial charge in [-0.05, 0) is 53.4 Å². The molecule has 1 atom stereocenters. The third-order valence-electron chi connectivity index (χ3n) is 6.54. The lowest BCUT2D eigenvalue weighted by molar-refractivity contribution is -0.130. The molecule has 0 spiro atoms. The second-order valence-electron chi connectivity index (χ2n) is 8.78. The summed E-state index contributed by atoms with van der Waals surface area (Å²) in [5, 5.41) is 1.07. The largest absolute Gasteiger partial charge is 0.493 e. The average Bonchev–Trinajstić information content (AvgIpc) is 3.21. The predicted octanol–water partition coefficient (Wildman–Crippen LogP) is 5.56. The number of aromatic nitrogens is 1. The van der Waals surface area contributed by atoms with Gasteiger partial charge >= 0.3 is 0 Å². The van der Waals surface area contributed by atoms with Crippen molar-refractivity contribution in [3.05, 3.63) is 95.4 Å². The van der Waals surface area contributed by atoms with Crippen LogP contribution in [0.4, 0.5) is 4.39 Å². The van der Waals surface area contributed by atoms with Gasteiger partial charge < -0.3 is 18.9 Å². The summed E-state index contributed by atoms with van der Waals surface area (Å²) in [4.78, 5) is 15.1. The molecule has 1 heterocycles. The van der Waals surface area contributed by atoms with Gasteiger partial charge in [0.2, 0.25) is 5.91 Å². The standard InChI is InChI=1S/C29H31FN2O3/c1-31(15-14-20-12-13-27(34-3)28(16-20)35-4)29(33)18-24(21-8-7-9-22(30)17-21)25-19-32(2)26-11-6-5-10-23(25)26/h5-13,16-17,19,24H,14-15,18H2,1-4H3. The SMILES string of the molecule is COc1ccc(CCN(C)C(=O)CC(c2cccc(F)c2)c2cn(C)c3ccccc23)cc1OC. The van der Waals surface area contributed by atoms with E-state index >= 15 is 0 Å². The van der Waals surface area contributed by atoms with E-state index in [4.69, 9.17) is 9.47 Å². The lowest BCUT2D eigenvalue weighted by Gasteiger charge is -2.22. The molecule has 0 aliphatic heterocycles. The monoisotopic (exact) mass is 474 g/mol. The number of methoxy groups -OCH3 is 2. The topological polar surface area (TPSA) is 43.7 Å². The molecule has 0 fully saturated rings. The number of hydrogen-bond donors (Lipinski definition) is 0. The molecule has 1 aromatic heterocycles. The first-order chi connectivity index (χ1) is 16.9. The second-order valence-corrected chi connectivity index (χ2v) is 8.78. The first-order valence-corrected chi connectivity index (χ1v) is 11.7. The van der Waals surface area contributed by atoms with Crippen molar-refractivity contribution in [2.75, 3.05) is 27.8 Å². The number of carbonyl (C=O) groups excluding carboxylic acids is 1. The van der Waals surface area contributed by atoms with Gasteiger partial charge in [0, 0.05) is 50.1 Å². The van der Waals surface area contributed by atoms with Crippen molar-refractivity contribution in [1.29, 1.82) is 0 Å². The number of nitrogens with zero attached hydrogens (tertiary/aromatic N) is 2. The Morgan fingerprint density at radius 1 is 1.00 bits per heavy atom. The van der Waals surface area contributed by atoms with Gasteiger partial charge in [-0.3, -0.25) is 4.79 Å². The maximum atomic E-state index is 14.2. The van der Waals surface area contributed by atoms with Crippen LogP contribution in [-0.4, -0.2) is 43.2 Å². The summed E-state index contributed by atoms with van der Waals surface area (Å²) in [5.74, 6) is 0.789. The van der Waals surface area contributed by atoms with Gasteiger partial charge in [0.05, 0.1) is 14.2 Å². The molecule has 182 valence electrons. The Kier molecular flexibility index (Phi) is 7.39. The molecule has 0 saturated heterocycles. The fourth-order valence-corrected chi connectivity index (χ4v) is 4.57. The highest BCUT2D eigenvalue weighted by Gasteiger charge is 2.24. The number of hydrogen-bond acceptors (Lipinski definition) is 3. The number of amides is 1. The van der Waals surface area contributed by atoms with Crippen molar-refractivity contribution in [2.24, 2.45) is 7.05 Å². The van der Waals surface area contributed by atoms with Crippen LogP contribution in [0.1, 0.15) is 29.0 Å². The van der Waals surface area contributed by atoms with E-state index < -0.39 is 0 Å². The molecule has 35 heavy (non-hydrogen) atoms. The van der Waals surface area contributed by atoms with Crippen molar-refractivity contribution in [1.82, 2.24) is 9.47 Å². The van der Waals surface area contributed by atoms with E-state index in [1.807, 2.05) is 50.5 Å². The maximum Gasteiger partial charge on any atom is 0.223 e. The Balaban J connectivity index is 1.56. The van der Waals surface area contributed by atoms with Gasteiger partial charge in [-0.1, -0.05) is 36.4 Å². The third kappa shape index (κ3) is 5.32. The van der Waals surface area contributed by atoms with Crippen molar-refractivity contribution in [3.8, 4) is 11.5 Å². The van der Waals surface area contributed by atoms with E-state index in [-0.39, 0.29) is 24.1 Å². The zero-order chi connectivity index (χ0) is 24.9. The van der Waals surface area contributed by atoms with Crippen molar-refractivity contribution in [2.45, 2.75) is 18.8 Å². The highest BCUT2D eigenvalue weighted by atomic mass is 19.1. The van der Waals surface area contributed by atoms with E-state index in [0.717, 1.165) is 27.6 Å². The molecule has 1 unspecified atom stereocenters. The van der Waals surface area contributed by atoms with Crippen LogP contribution in [0.15, 0.2) is 72.9 Å². The molecular weight excluding hydrogens is 443 g/mol. The van der Waals surface area contributed by atoms with Crippen LogP contribution in [0.5, 0.6) is 11.5 Å². The number of rotatable bonds is 9. The highest BCUT2D eigenvalue weighted by molar-refractivity contribution is 5.86. The number of benzene rings is 3. The predicted molar refractivity (Wildman–Crippen MR) is 137 cm³/mol. The smallest absolute Gasteiger partial charge is 0.223 e. The lowest BCUT2D eigenvalue weighted by Crippen LogP contribution is -2.30. The second kappa shape index (κ2) is 10.6. The molecule has 4 aromatic rings. The Morgan fingerprint density at radius 2 is 1.77 bits per heavy atom. The number of para-hydroxylation sites is 1. The first kappa shape index (κ1) is 24.3. The summed E-state index contributed by atoms with van der Waals surface area (Å²) < 4.78 is 26.9. The highest BCUT2D eigenvalue weighted by Crippen LogP contribution is 2.35. The van der Waals surface area contributed by atoms with E-state index in [1.54, 1.807) is 25.2 Å². The van der Waals surface area contributed by atoms with E-state index in [9.17, 15) is 9.18 Å². The van der Waals surface area contributed by atoms with Crippen LogP contribution in [0.3, 0.4) is 0 Å². The summed E-state index contributed by atoms with van der Waals surface area (Å²) in [5.41, 5.74) is 3.95. The number of aryl methyl sites for hydroxylation is 1. The van der Waals surface area contributed by atoms with Crippen molar-refractivity contribution in [3.63, 3.8) is 0 Å². The molecule has 0 N–H and O–H groups in total. The third-order valence-corrected chi connectivity index (χ3v) is 6.54. The number of carbonyl (C=O) groups is 1. The van der Waals surface area contributed by atoms with Gasteiger partial charge in [0.15, 0.2) is 11.5 Å². The molecule has 1 amide bonds. The number of halogens is 1. The molecule has 0 aliphatic rings. The molecule has 0 radical (unpaired) electrons. The molecule has 0 saturated carbocycles. The normalized spacial score (nSPS) is 11.9. The molecular formula is C29H31FN2O3. The zero-order valence-corrected chi connectivity index (χ0v) is 20.6. The van der Waals surface area contributed by atoms with Gasteiger partial charge in [-0.25, -0.2) is 4.39 Å². The molecule has 5 nitrogen and oxygen atoms in total. The van der Waals surface area contributed by atoms with Crippen LogP contribution in [0.25, 0.3) is 10.9 Å². The number of likely N-dealkylation sites (N-methyl/N-ethyl adjacent to an activating group) is 1. The first-order valence-electron chi connectivity index (χ1n) is 11.7. The minimum Gasteiger partial charge on any atom is -0.493 e. The number of ether oxygens (including phenoxy) is 2. The molecule has 0 bridgehead atoms. The van der Waals surface area contributed by atoms with E-state index in [2.05, 4.69) is 22.9 Å². The minimum absolute atomic E-state index is 0.00710.